The lowest BCUT2D eigenvalue weighted by molar-refractivity contribution is -0.119. The van der Waals surface area contributed by atoms with Gasteiger partial charge in [0, 0.05) is 25.5 Å². The number of aromatic carboxylic acids is 1. The largest absolute Gasteiger partial charge is 0.508 e. The number of hydrogen-bond donors (Lipinski definition) is 7. The number of nitriles is 1. The summed E-state index contributed by atoms with van der Waals surface area (Å²) >= 11 is 0. The highest BCUT2D eigenvalue weighted by Gasteiger charge is 2.26. The van der Waals surface area contributed by atoms with Gasteiger partial charge in [0.15, 0.2) is 34.6 Å². The highest BCUT2D eigenvalue weighted by atomic mass is 16.5. The summed E-state index contributed by atoms with van der Waals surface area (Å²) in [7, 11) is 2.34. The maximum absolute atomic E-state index is 13.2. The van der Waals surface area contributed by atoms with Gasteiger partial charge in [-0.05, 0) is 84.3 Å². The Morgan fingerprint density at radius 2 is 1.34 bits per heavy atom. The predicted molar refractivity (Wildman–Crippen MR) is 222 cm³/mol. The Bertz CT molecular complexity index is 2620. The summed E-state index contributed by atoms with van der Waals surface area (Å²) in [6.45, 7) is 1.67. The number of carboxylic acid groups (broad SMARTS) is 1. The fourth-order valence-corrected chi connectivity index (χ4v) is 5.95. The van der Waals surface area contributed by atoms with Crippen LogP contribution < -0.4 is 25.4 Å². The van der Waals surface area contributed by atoms with E-state index >= 15 is 0 Å². The minimum atomic E-state index is -1.43. The van der Waals surface area contributed by atoms with E-state index in [1.54, 1.807) is 31.2 Å². The van der Waals surface area contributed by atoms with Crippen molar-refractivity contribution in [3.05, 3.63) is 124 Å². The molecule has 0 aliphatic rings. The van der Waals surface area contributed by atoms with Gasteiger partial charge in [0.25, 0.3) is 11.8 Å². The smallest absolute Gasteiger partial charge is 0.339 e. The number of Topliss-reactive ketones (excluding diaryl/α,β-unsaturated/α-hetero) is 2. The van der Waals surface area contributed by atoms with E-state index in [0.717, 1.165) is 18.7 Å². The highest BCUT2D eigenvalue weighted by Crippen LogP contribution is 2.40. The number of carbonyl (C=O) groups excluding carboxylic acids is 5. The Labute approximate surface area is 353 Å². The lowest BCUT2D eigenvalue weighted by Gasteiger charge is -2.16. The van der Waals surface area contributed by atoms with Crippen molar-refractivity contribution in [2.75, 3.05) is 30.2 Å². The number of amides is 3. The minimum Gasteiger partial charge on any atom is -0.508 e. The van der Waals surface area contributed by atoms with E-state index in [0.29, 0.717) is 11.1 Å². The first kappa shape index (κ1) is 44.5. The first-order valence-electron chi connectivity index (χ1n) is 18.4. The van der Waals surface area contributed by atoms with E-state index in [-0.39, 0.29) is 76.3 Å². The van der Waals surface area contributed by atoms with Gasteiger partial charge < -0.3 is 45.9 Å². The Hall–Kier alpha value is -8.59. The monoisotopic (exact) mass is 842 g/mol. The molecule has 1 atom stereocenters. The molecule has 0 aliphatic carbocycles. The van der Waals surface area contributed by atoms with E-state index in [2.05, 4.69) is 25.9 Å². The molecule has 0 bridgehead atoms. The third-order valence-corrected chi connectivity index (χ3v) is 9.24. The molecule has 62 heavy (non-hydrogen) atoms. The molecule has 18 heteroatoms. The molecule has 0 fully saturated rings. The number of carboxylic acids is 1. The van der Waals surface area contributed by atoms with Gasteiger partial charge in [-0.1, -0.05) is 18.2 Å². The number of aromatic nitrogens is 2. The Morgan fingerprint density at radius 3 is 1.90 bits per heavy atom. The number of phenols is 3. The number of rotatable bonds is 17. The van der Waals surface area contributed by atoms with Crippen LogP contribution in [0.5, 0.6) is 28.7 Å². The molecule has 2 aromatic heterocycles. The van der Waals surface area contributed by atoms with Gasteiger partial charge in [-0.15, -0.1) is 0 Å². The fraction of sp³-hybridized carbons (Fsp3) is 0.159. The summed E-state index contributed by atoms with van der Waals surface area (Å²) in [5.74, 6) is -7.41. The molecular weight excluding hydrogens is 805 g/mol. The van der Waals surface area contributed by atoms with Crippen LogP contribution in [0.2, 0.25) is 0 Å². The van der Waals surface area contributed by atoms with Gasteiger partial charge in [0.05, 0.1) is 55.0 Å². The van der Waals surface area contributed by atoms with E-state index in [1.807, 2.05) is 6.07 Å². The number of hydrogen-bond acceptors (Lipinski definition) is 14. The zero-order valence-corrected chi connectivity index (χ0v) is 33.3. The van der Waals surface area contributed by atoms with E-state index in [1.165, 1.54) is 68.0 Å². The fourth-order valence-electron chi connectivity index (χ4n) is 5.95. The van der Waals surface area contributed by atoms with Crippen molar-refractivity contribution in [2.45, 2.75) is 26.2 Å². The second kappa shape index (κ2) is 19.9. The Kier molecular flexibility index (Phi) is 14.3. The molecule has 18 nitrogen and oxygen atoms in total. The van der Waals surface area contributed by atoms with Gasteiger partial charge in [-0.3, -0.25) is 29.0 Å². The van der Waals surface area contributed by atoms with E-state index in [9.17, 15) is 54.5 Å². The average molecular weight is 843 g/mol. The van der Waals surface area contributed by atoms with Crippen LogP contribution in [0.15, 0.2) is 90.8 Å². The van der Waals surface area contributed by atoms with Crippen molar-refractivity contribution in [1.29, 1.82) is 5.26 Å². The van der Waals surface area contributed by atoms with Crippen molar-refractivity contribution in [3.8, 4) is 34.8 Å². The molecule has 0 saturated heterocycles. The molecule has 3 amide bonds. The average Bonchev–Trinajstić information content (AvgIpc) is 3.24. The second-order valence-electron chi connectivity index (χ2n) is 13.5. The quantitative estimate of drug-likeness (QED) is 0.0432. The molecule has 0 radical (unpaired) electrons. The third-order valence-electron chi connectivity index (χ3n) is 9.24. The summed E-state index contributed by atoms with van der Waals surface area (Å²) in [5, 5.41) is 56.8. The zero-order chi connectivity index (χ0) is 45.1. The molecule has 0 unspecified atom stereocenters. The van der Waals surface area contributed by atoms with Gasteiger partial charge in [0.1, 0.15) is 22.7 Å². The van der Waals surface area contributed by atoms with Gasteiger partial charge in [-0.2, -0.15) is 5.26 Å². The Morgan fingerprint density at radius 1 is 0.742 bits per heavy atom. The molecule has 316 valence electrons. The van der Waals surface area contributed by atoms with Crippen molar-refractivity contribution in [1.82, 2.24) is 9.97 Å². The number of phenolic OH excluding ortho intramolecular Hbond substituents is 2. The van der Waals surface area contributed by atoms with Crippen molar-refractivity contribution in [2.24, 2.45) is 5.92 Å². The number of allylic oxidation sites excluding steroid dienone is 1. The van der Waals surface area contributed by atoms with Crippen molar-refractivity contribution >= 4 is 58.4 Å². The number of pyridine rings is 2. The molecule has 0 saturated carbocycles. The molecule has 2 heterocycles. The van der Waals surface area contributed by atoms with Crippen LogP contribution in [0, 0.1) is 17.2 Å². The molecule has 7 N–H and O–H groups in total. The number of methoxy groups -OCH3 is 2. The van der Waals surface area contributed by atoms with Crippen LogP contribution in [-0.2, 0) is 16.0 Å². The summed E-state index contributed by atoms with van der Waals surface area (Å²) < 4.78 is 10.3. The molecule has 0 spiro atoms. The maximum Gasteiger partial charge on any atom is 0.339 e. The van der Waals surface area contributed by atoms with Crippen LogP contribution in [0.4, 0.5) is 17.1 Å². The number of ether oxygens (including phenoxy) is 2. The van der Waals surface area contributed by atoms with Crippen LogP contribution in [0.1, 0.15) is 72.6 Å². The van der Waals surface area contributed by atoms with Crippen molar-refractivity contribution < 1.29 is 58.7 Å². The Balaban J connectivity index is 1.18. The number of aromatic hydroxyl groups is 3. The van der Waals surface area contributed by atoms with Crippen LogP contribution in [0.3, 0.4) is 0 Å². The zero-order valence-electron chi connectivity index (χ0n) is 33.3. The summed E-state index contributed by atoms with van der Waals surface area (Å²) in [6.07, 6.45) is 3.66. The molecule has 5 rings (SSSR count). The van der Waals surface area contributed by atoms with Crippen LogP contribution in [-0.4, -0.2) is 79.9 Å². The molecule has 3 aromatic carbocycles. The number of nitrogens with one attached hydrogen (secondary N) is 3. The first-order chi connectivity index (χ1) is 29.6. The van der Waals surface area contributed by atoms with E-state index in [4.69, 9.17) is 9.47 Å². The van der Waals surface area contributed by atoms with Gasteiger partial charge in [0.2, 0.25) is 5.91 Å². The lowest BCUT2D eigenvalue weighted by Crippen LogP contribution is -2.25. The summed E-state index contributed by atoms with van der Waals surface area (Å²) in [4.78, 5) is 84.9. The predicted octanol–water partition coefficient (Wildman–Crippen LogP) is 5.77. The first-order valence-corrected chi connectivity index (χ1v) is 18.4. The number of nitrogens with zero attached hydrogens (tertiary/aromatic N) is 3. The standard InChI is InChI=1S/C44H38N6O12/c1-23(18-24-4-8-28(51)9-5-24)35(52)19-25-6-12-31(46-21-25)36(53)20-26(16-17-45)41(56)48-27-7-13-34(47-22-27)43(58)50-33-14-10-29(37(54)39(33)61-2)42(57)49-32-15-11-30(44(59)60)38(55)40(32)62-3/h4-15,18,21-22,26,51,54-55H,16,19-20H2,1-3H3,(H,48,56)(H,49,57)(H,50,58)(H,59,60)/b23-18+/t26-/m1/s1. The second-order valence-corrected chi connectivity index (χ2v) is 13.5. The summed E-state index contributed by atoms with van der Waals surface area (Å²) in [6, 6.07) is 18.6. The maximum atomic E-state index is 13.2. The molecular formula is C44H38N6O12. The van der Waals surface area contributed by atoms with E-state index < -0.39 is 52.5 Å². The lowest BCUT2D eigenvalue weighted by atomic mass is 9.96. The van der Waals surface area contributed by atoms with Crippen molar-refractivity contribution in [3.63, 3.8) is 0 Å². The third kappa shape index (κ3) is 10.7. The van der Waals surface area contributed by atoms with Crippen LogP contribution >= 0.6 is 0 Å². The highest BCUT2D eigenvalue weighted by molar-refractivity contribution is 6.10. The number of anilines is 3. The molecule has 0 aliphatic heterocycles. The van der Waals surface area contributed by atoms with Gasteiger partial charge in [-0.25, -0.2) is 9.78 Å². The number of carbonyl (C=O) groups is 6. The summed E-state index contributed by atoms with van der Waals surface area (Å²) in [5.41, 5.74) is 0.911. The topological polar surface area (TPSA) is 287 Å². The number of ketones is 2. The SMILES string of the molecule is COc1c(NC(=O)c2ccc(NC(=O)c3ccc(NC(=O)[C@H](CC#N)CC(=O)c4ccc(CC(=O)/C(C)=C/c5ccc(O)cc5)cn4)cn3)c(OC)c2O)ccc(C(=O)O)c1O. The normalized spacial score (nSPS) is 11.4. The number of benzene rings is 3. The molecule has 5 aromatic rings. The minimum absolute atomic E-state index is 0.0300. The van der Waals surface area contributed by atoms with Crippen LogP contribution in [0.25, 0.3) is 6.08 Å². The van der Waals surface area contributed by atoms with Gasteiger partial charge >= 0.3 is 5.97 Å².